The largest absolute Gasteiger partial charge is 0.364 e. The van der Waals surface area contributed by atoms with Crippen LogP contribution in [0, 0.1) is 17.6 Å². The maximum absolute atomic E-state index is 13.2. The molecule has 2 amide bonds. The second kappa shape index (κ2) is 5.75. The van der Waals surface area contributed by atoms with Crippen LogP contribution in [0.25, 0.3) is 0 Å². The smallest absolute Gasteiger partial charge is 0.267 e. The molecule has 5 nitrogen and oxygen atoms in total. The number of nitrogens with one attached hydrogen (secondary N) is 1. The molecule has 0 aliphatic heterocycles. The first-order valence-corrected chi connectivity index (χ1v) is 6.97. The molecule has 1 saturated carbocycles. The quantitative estimate of drug-likeness (QED) is 0.906. The summed E-state index contributed by atoms with van der Waals surface area (Å²) in [7, 11) is 0. The van der Waals surface area contributed by atoms with Crippen LogP contribution >= 0.6 is 0 Å². The molecule has 118 valence electrons. The van der Waals surface area contributed by atoms with Crippen LogP contribution in [0.4, 0.5) is 14.5 Å². The summed E-state index contributed by atoms with van der Waals surface area (Å²) in [5.41, 5.74) is 6.23. The minimum Gasteiger partial charge on any atom is -0.364 e. The lowest BCUT2D eigenvalue weighted by molar-refractivity contribution is -0.117. The van der Waals surface area contributed by atoms with Gasteiger partial charge in [-0.1, -0.05) is 6.07 Å². The Kier molecular flexibility index (Phi) is 3.77. The monoisotopic (exact) mass is 317 g/mol. The van der Waals surface area contributed by atoms with Crippen molar-refractivity contribution >= 4 is 17.5 Å². The van der Waals surface area contributed by atoms with Crippen LogP contribution in [0.2, 0.25) is 0 Å². The van der Waals surface area contributed by atoms with E-state index in [4.69, 9.17) is 5.73 Å². The first-order chi connectivity index (χ1) is 11.0. The zero-order valence-electron chi connectivity index (χ0n) is 11.9. The molecule has 1 aliphatic carbocycles. The van der Waals surface area contributed by atoms with Gasteiger partial charge in [0, 0.05) is 5.92 Å². The van der Waals surface area contributed by atoms with Crippen LogP contribution in [0.5, 0.6) is 0 Å². The van der Waals surface area contributed by atoms with E-state index in [9.17, 15) is 18.4 Å². The minimum atomic E-state index is -0.917. The zero-order chi connectivity index (χ0) is 16.6. The summed E-state index contributed by atoms with van der Waals surface area (Å²) in [6.07, 6.45) is 1.91. The number of benzene rings is 1. The van der Waals surface area contributed by atoms with E-state index in [-0.39, 0.29) is 23.4 Å². The van der Waals surface area contributed by atoms with Crippen molar-refractivity contribution in [2.45, 2.75) is 12.3 Å². The first kappa shape index (κ1) is 15.1. The number of nitrogens with zero attached hydrogens (tertiary/aromatic N) is 1. The molecular formula is C16H13F2N3O2. The number of carbonyl (C=O) groups excluding carboxylic acids is 2. The summed E-state index contributed by atoms with van der Waals surface area (Å²) in [6, 6.07) is 6.61. The summed E-state index contributed by atoms with van der Waals surface area (Å²) >= 11 is 0. The summed E-state index contributed by atoms with van der Waals surface area (Å²) in [5.74, 6) is -3.12. The van der Waals surface area contributed by atoms with Gasteiger partial charge >= 0.3 is 0 Å². The third-order valence-electron chi connectivity index (χ3n) is 3.78. The van der Waals surface area contributed by atoms with Crippen molar-refractivity contribution in [3.8, 4) is 0 Å². The summed E-state index contributed by atoms with van der Waals surface area (Å²) in [4.78, 5) is 26.9. The molecule has 3 N–H and O–H groups in total. The number of hydrogen-bond donors (Lipinski definition) is 2. The predicted octanol–water partition coefficient (Wildman–Crippen LogP) is 2.20. The Morgan fingerprint density at radius 2 is 1.96 bits per heavy atom. The molecule has 1 aliphatic rings. The van der Waals surface area contributed by atoms with Gasteiger partial charge in [-0.2, -0.15) is 0 Å². The van der Waals surface area contributed by atoms with E-state index in [1.165, 1.54) is 24.4 Å². The van der Waals surface area contributed by atoms with Crippen molar-refractivity contribution in [1.29, 1.82) is 0 Å². The number of halogens is 2. The fourth-order valence-electron chi connectivity index (χ4n) is 2.44. The van der Waals surface area contributed by atoms with Gasteiger partial charge in [-0.05, 0) is 42.2 Å². The number of carbonyl (C=O) groups is 2. The van der Waals surface area contributed by atoms with E-state index in [1.54, 1.807) is 0 Å². The number of nitrogens with two attached hydrogens (primary N) is 1. The lowest BCUT2D eigenvalue weighted by Crippen LogP contribution is -2.16. The Morgan fingerprint density at radius 1 is 1.17 bits per heavy atom. The van der Waals surface area contributed by atoms with E-state index < -0.39 is 17.5 Å². The van der Waals surface area contributed by atoms with Gasteiger partial charge in [0.1, 0.15) is 5.69 Å². The van der Waals surface area contributed by atoms with E-state index in [1.807, 2.05) is 0 Å². The van der Waals surface area contributed by atoms with Gasteiger partial charge in [-0.3, -0.25) is 9.59 Å². The molecule has 1 heterocycles. The highest BCUT2D eigenvalue weighted by Gasteiger charge is 2.44. The number of amides is 2. The molecule has 1 aromatic heterocycles. The Labute approximate surface area is 130 Å². The van der Waals surface area contributed by atoms with Gasteiger partial charge in [-0.15, -0.1) is 0 Å². The Hall–Kier alpha value is -2.83. The minimum absolute atomic E-state index is 0.106. The summed E-state index contributed by atoms with van der Waals surface area (Å²) in [6.45, 7) is 0. The molecule has 0 saturated heterocycles. The van der Waals surface area contributed by atoms with Crippen molar-refractivity contribution < 1.29 is 18.4 Å². The van der Waals surface area contributed by atoms with Crippen molar-refractivity contribution in [3.63, 3.8) is 0 Å². The number of aromatic nitrogens is 1. The van der Waals surface area contributed by atoms with Gasteiger partial charge in [0.15, 0.2) is 11.6 Å². The van der Waals surface area contributed by atoms with Crippen LogP contribution in [-0.4, -0.2) is 16.8 Å². The molecule has 0 spiro atoms. The molecule has 7 heteroatoms. The third kappa shape index (κ3) is 3.18. The number of rotatable bonds is 4. The van der Waals surface area contributed by atoms with E-state index in [2.05, 4.69) is 10.3 Å². The number of hydrogen-bond acceptors (Lipinski definition) is 3. The van der Waals surface area contributed by atoms with E-state index in [0.29, 0.717) is 17.7 Å². The Balaban J connectivity index is 1.63. The van der Waals surface area contributed by atoms with Crippen LogP contribution in [-0.2, 0) is 4.79 Å². The maximum Gasteiger partial charge on any atom is 0.267 e. The SMILES string of the molecule is NC(=O)c1ccc(NC(=O)[C@@H]2C[C@H]2c2ccc(F)c(F)c2)cn1. The maximum atomic E-state index is 13.2. The van der Waals surface area contributed by atoms with Gasteiger partial charge in [-0.25, -0.2) is 13.8 Å². The van der Waals surface area contributed by atoms with Gasteiger partial charge in [0.2, 0.25) is 5.91 Å². The second-order valence-corrected chi connectivity index (χ2v) is 5.41. The Bertz CT molecular complexity index is 777. The van der Waals surface area contributed by atoms with Crippen molar-refractivity contribution in [2.24, 2.45) is 11.7 Å². The molecule has 0 radical (unpaired) electrons. The fourth-order valence-corrected chi connectivity index (χ4v) is 2.44. The first-order valence-electron chi connectivity index (χ1n) is 6.97. The van der Waals surface area contributed by atoms with Gasteiger partial charge < -0.3 is 11.1 Å². The third-order valence-corrected chi connectivity index (χ3v) is 3.78. The molecule has 3 rings (SSSR count). The number of primary amides is 1. The van der Waals surface area contributed by atoms with Crippen molar-refractivity contribution in [3.05, 3.63) is 59.4 Å². The van der Waals surface area contributed by atoms with E-state index in [0.717, 1.165) is 12.1 Å². The number of anilines is 1. The van der Waals surface area contributed by atoms with Crippen molar-refractivity contribution in [2.75, 3.05) is 5.32 Å². The van der Waals surface area contributed by atoms with E-state index >= 15 is 0 Å². The summed E-state index contributed by atoms with van der Waals surface area (Å²) < 4.78 is 26.1. The number of pyridine rings is 1. The highest BCUT2D eigenvalue weighted by Crippen LogP contribution is 2.48. The molecule has 1 aromatic carbocycles. The Morgan fingerprint density at radius 3 is 2.57 bits per heavy atom. The lowest BCUT2D eigenvalue weighted by atomic mass is 10.1. The molecule has 1 fully saturated rings. The highest BCUT2D eigenvalue weighted by atomic mass is 19.2. The summed E-state index contributed by atoms with van der Waals surface area (Å²) in [5, 5.41) is 2.67. The topological polar surface area (TPSA) is 85.1 Å². The normalized spacial score (nSPS) is 19.2. The molecular weight excluding hydrogens is 304 g/mol. The van der Waals surface area contributed by atoms with Crippen LogP contribution in [0.3, 0.4) is 0 Å². The van der Waals surface area contributed by atoms with Gasteiger partial charge in [0.05, 0.1) is 11.9 Å². The standard InChI is InChI=1S/C16H13F2N3O2/c17-12-3-1-8(5-13(12)18)10-6-11(10)16(23)21-9-2-4-14(15(19)22)20-7-9/h1-5,7,10-11H,6H2,(H2,19,22)(H,21,23)/t10-,11+/m0/s1. The van der Waals surface area contributed by atoms with Crippen LogP contribution < -0.4 is 11.1 Å². The molecule has 2 atom stereocenters. The van der Waals surface area contributed by atoms with Crippen LogP contribution in [0.15, 0.2) is 36.5 Å². The zero-order valence-corrected chi connectivity index (χ0v) is 11.9. The lowest BCUT2D eigenvalue weighted by Gasteiger charge is -2.05. The predicted molar refractivity (Wildman–Crippen MR) is 78.6 cm³/mol. The van der Waals surface area contributed by atoms with Crippen LogP contribution in [0.1, 0.15) is 28.4 Å². The molecule has 2 aromatic rings. The molecule has 23 heavy (non-hydrogen) atoms. The average molecular weight is 317 g/mol. The average Bonchev–Trinajstić information content (AvgIpc) is 3.31. The molecule has 0 bridgehead atoms. The highest BCUT2D eigenvalue weighted by molar-refractivity contribution is 5.96. The van der Waals surface area contributed by atoms with Crippen molar-refractivity contribution in [1.82, 2.24) is 4.98 Å². The fraction of sp³-hybridized carbons (Fsp3) is 0.188. The molecule has 0 unspecified atom stereocenters. The van der Waals surface area contributed by atoms with Gasteiger partial charge in [0.25, 0.3) is 5.91 Å². The second-order valence-electron chi connectivity index (χ2n) is 5.41.